The Labute approximate surface area is 102 Å². The molecule has 88 valence electrons. The van der Waals surface area contributed by atoms with Crippen molar-refractivity contribution in [3.05, 3.63) is 53.7 Å². The van der Waals surface area contributed by atoms with Crippen molar-refractivity contribution in [1.82, 2.24) is 4.98 Å². The lowest BCUT2D eigenvalue weighted by Gasteiger charge is -2.22. The van der Waals surface area contributed by atoms with Crippen molar-refractivity contribution in [2.24, 2.45) is 5.73 Å². The molecule has 3 heteroatoms. The minimum Gasteiger partial charge on any atom is -0.329 e. The molecule has 3 nitrogen and oxygen atoms in total. The molecule has 0 bridgehead atoms. The third-order valence-electron chi connectivity index (χ3n) is 2.87. The SMILES string of the molecule is Cc1cccnc1N(C)c1ccccc1CN. The van der Waals surface area contributed by atoms with Gasteiger partial charge in [0.15, 0.2) is 0 Å². The van der Waals surface area contributed by atoms with E-state index in [1.165, 1.54) is 0 Å². The second-order valence-corrected chi connectivity index (χ2v) is 4.04. The summed E-state index contributed by atoms with van der Waals surface area (Å²) in [5, 5.41) is 0. The van der Waals surface area contributed by atoms with E-state index in [2.05, 4.69) is 28.9 Å². The average Bonchev–Trinajstić information content (AvgIpc) is 2.38. The fourth-order valence-electron chi connectivity index (χ4n) is 1.95. The van der Waals surface area contributed by atoms with Gasteiger partial charge < -0.3 is 10.6 Å². The lowest BCUT2D eigenvalue weighted by Crippen LogP contribution is -2.15. The summed E-state index contributed by atoms with van der Waals surface area (Å²) >= 11 is 0. The molecule has 1 heterocycles. The Morgan fingerprint density at radius 3 is 2.65 bits per heavy atom. The number of nitrogens with zero attached hydrogens (tertiary/aromatic N) is 2. The molecule has 0 fully saturated rings. The second kappa shape index (κ2) is 4.97. The number of pyridine rings is 1. The van der Waals surface area contributed by atoms with Gasteiger partial charge in [0.05, 0.1) is 0 Å². The first-order chi connectivity index (χ1) is 8.24. The molecule has 0 saturated carbocycles. The molecule has 0 aliphatic heterocycles. The van der Waals surface area contributed by atoms with Gasteiger partial charge in [0.25, 0.3) is 0 Å². The molecule has 2 N–H and O–H groups in total. The molecule has 0 atom stereocenters. The lowest BCUT2D eigenvalue weighted by atomic mass is 10.1. The predicted octanol–water partition coefficient (Wildman–Crippen LogP) is 2.62. The molecule has 0 spiro atoms. The zero-order chi connectivity index (χ0) is 12.3. The molecule has 17 heavy (non-hydrogen) atoms. The number of benzene rings is 1. The maximum atomic E-state index is 5.76. The molecule has 1 aromatic heterocycles. The van der Waals surface area contributed by atoms with Gasteiger partial charge in [0.2, 0.25) is 0 Å². The highest BCUT2D eigenvalue weighted by Gasteiger charge is 2.10. The van der Waals surface area contributed by atoms with Crippen LogP contribution in [-0.4, -0.2) is 12.0 Å². The van der Waals surface area contributed by atoms with Crippen LogP contribution in [0.5, 0.6) is 0 Å². The molecule has 0 unspecified atom stereocenters. The van der Waals surface area contributed by atoms with E-state index < -0.39 is 0 Å². The minimum absolute atomic E-state index is 0.534. The van der Waals surface area contributed by atoms with Crippen molar-refractivity contribution in [1.29, 1.82) is 0 Å². The van der Waals surface area contributed by atoms with E-state index in [9.17, 15) is 0 Å². The number of nitrogens with two attached hydrogens (primary N) is 1. The number of aromatic nitrogens is 1. The molecule has 0 aliphatic rings. The summed E-state index contributed by atoms with van der Waals surface area (Å²) in [6.45, 7) is 2.59. The predicted molar refractivity (Wildman–Crippen MR) is 71.4 cm³/mol. The fraction of sp³-hybridized carbons (Fsp3) is 0.214. The van der Waals surface area contributed by atoms with Crippen molar-refractivity contribution in [3.63, 3.8) is 0 Å². The van der Waals surface area contributed by atoms with Gasteiger partial charge in [0.1, 0.15) is 5.82 Å². The molecule has 0 aliphatic carbocycles. The zero-order valence-corrected chi connectivity index (χ0v) is 10.2. The Hall–Kier alpha value is -1.87. The monoisotopic (exact) mass is 227 g/mol. The minimum atomic E-state index is 0.534. The largest absolute Gasteiger partial charge is 0.329 e. The topological polar surface area (TPSA) is 42.2 Å². The van der Waals surface area contributed by atoms with E-state index in [1.807, 2.05) is 37.5 Å². The third kappa shape index (κ3) is 2.29. The highest BCUT2D eigenvalue weighted by atomic mass is 15.2. The van der Waals surface area contributed by atoms with Crippen LogP contribution in [0.25, 0.3) is 0 Å². The molecule has 1 aromatic carbocycles. The fourth-order valence-corrected chi connectivity index (χ4v) is 1.95. The molecule has 2 rings (SSSR count). The number of para-hydroxylation sites is 1. The highest BCUT2D eigenvalue weighted by molar-refractivity contribution is 5.65. The van der Waals surface area contributed by atoms with Gasteiger partial charge in [-0.05, 0) is 30.2 Å². The average molecular weight is 227 g/mol. The summed E-state index contributed by atoms with van der Waals surface area (Å²) < 4.78 is 0. The van der Waals surface area contributed by atoms with E-state index in [1.54, 1.807) is 0 Å². The van der Waals surface area contributed by atoms with Gasteiger partial charge in [-0.3, -0.25) is 0 Å². The molecule has 2 aromatic rings. The summed E-state index contributed by atoms with van der Waals surface area (Å²) in [5.74, 6) is 0.966. The van der Waals surface area contributed by atoms with Crippen LogP contribution in [0.2, 0.25) is 0 Å². The van der Waals surface area contributed by atoms with Crippen molar-refractivity contribution in [2.75, 3.05) is 11.9 Å². The van der Waals surface area contributed by atoms with Gasteiger partial charge in [-0.15, -0.1) is 0 Å². The number of aryl methyl sites for hydroxylation is 1. The van der Waals surface area contributed by atoms with Crippen LogP contribution in [0.1, 0.15) is 11.1 Å². The molecule has 0 saturated heterocycles. The smallest absolute Gasteiger partial charge is 0.135 e. The van der Waals surface area contributed by atoms with Gasteiger partial charge >= 0.3 is 0 Å². The zero-order valence-electron chi connectivity index (χ0n) is 10.2. The van der Waals surface area contributed by atoms with E-state index in [0.717, 1.165) is 22.6 Å². The van der Waals surface area contributed by atoms with Crippen LogP contribution in [-0.2, 0) is 6.54 Å². The third-order valence-corrected chi connectivity index (χ3v) is 2.87. The number of hydrogen-bond donors (Lipinski definition) is 1. The molecular formula is C14H17N3. The number of hydrogen-bond acceptors (Lipinski definition) is 3. The van der Waals surface area contributed by atoms with Crippen LogP contribution in [0.3, 0.4) is 0 Å². The van der Waals surface area contributed by atoms with Crippen LogP contribution < -0.4 is 10.6 Å². The Bertz CT molecular complexity index is 508. The Morgan fingerprint density at radius 1 is 1.18 bits per heavy atom. The summed E-state index contributed by atoms with van der Waals surface area (Å²) in [6.07, 6.45) is 1.81. The molecule has 0 amide bonds. The molecule has 0 radical (unpaired) electrons. The first kappa shape index (κ1) is 11.6. The Balaban J connectivity index is 2.44. The normalized spacial score (nSPS) is 10.3. The van der Waals surface area contributed by atoms with E-state index in [4.69, 9.17) is 5.73 Å². The summed E-state index contributed by atoms with van der Waals surface area (Å²) in [6, 6.07) is 12.1. The summed E-state index contributed by atoms with van der Waals surface area (Å²) in [5.41, 5.74) is 9.15. The van der Waals surface area contributed by atoms with Crippen LogP contribution in [0.4, 0.5) is 11.5 Å². The quantitative estimate of drug-likeness (QED) is 0.876. The van der Waals surface area contributed by atoms with Crippen LogP contribution in [0.15, 0.2) is 42.6 Å². The summed E-state index contributed by atoms with van der Waals surface area (Å²) in [7, 11) is 2.02. The van der Waals surface area contributed by atoms with Gasteiger partial charge in [-0.25, -0.2) is 4.98 Å². The number of rotatable bonds is 3. The van der Waals surface area contributed by atoms with Crippen molar-refractivity contribution in [2.45, 2.75) is 13.5 Å². The van der Waals surface area contributed by atoms with Crippen LogP contribution >= 0.6 is 0 Å². The number of anilines is 2. The van der Waals surface area contributed by atoms with Crippen molar-refractivity contribution in [3.8, 4) is 0 Å². The van der Waals surface area contributed by atoms with Gasteiger partial charge in [0, 0.05) is 25.5 Å². The summed E-state index contributed by atoms with van der Waals surface area (Å²) in [4.78, 5) is 6.50. The van der Waals surface area contributed by atoms with Crippen LogP contribution in [0, 0.1) is 6.92 Å². The van der Waals surface area contributed by atoms with E-state index in [0.29, 0.717) is 6.54 Å². The van der Waals surface area contributed by atoms with Crippen molar-refractivity contribution >= 4 is 11.5 Å². The maximum Gasteiger partial charge on any atom is 0.135 e. The standard InChI is InChI=1S/C14H17N3/c1-11-6-5-9-16-14(11)17(2)13-8-4-3-7-12(13)10-15/h3-9H,10,15H2,1-2H3. The van der Waals surface area contributed by atoms with E-state index in [-0.39, 0.29) is 0 Å². The molecular weight excluding hydrogens is 210 g/mol. The highest BCUT2D eigenvalue weighted by Crippen LogP contribution is 2.27. The maximum absolute atomic E-state index is 5.76. The first-order valence-electron chi connectivity index (χ1n) is 5.67. The van der Waals surface area contributed by atoms with Crippen molar-refractivity contribution < 1.29 is 0 Å². The second-order valence-electron chi connectivity index (χ2n) is 4.04. The van der Waals surface area contributed by atoms with Gasteiger partial charge in [-0.2, -0.15) is 0 Å². The van der Waals surface area contributed by atoms with Gasteiger partial charge in [-0.1, -0.05) is 24.3 Å². The lowest BCUT2D eigenvalue weighted by molar-refractivity contribution is 1.03. The Kier molecular flexibility index (Phi) is 3.40. The van der Waals surface area contributed by atoms with E-state index >= 15 is 0 Å². The Morgan fingerprint density at radius 2 is 1.94 bits per heavy atom. The first-order valence-corrected chi connectivity index (χ1v) is 5.67.